The summed E-state index contributed by atoms with van der Waals surface area (Å²) in [6.07, 6.45) is 1.58. The molecule has 2 aromatic carbocycles. The lowest BCUT2D eigenvalue weighted by Crippen LogP contribution is -2.41. The largest absolute Gasteiger partial charge is 0.493 e. The molecule has 39 heavy (non-hydrogen) atoms. The molecule has 4 aromatic rings. The normalized spacial score (nSPS) is 18.0. The Labute approximate surface area is 230 Å². The summed E-state index contributed by atoms with van der Waals surface area (Å²) in [6, 6.07) is 19.4. The van der Waals surface area contributed by atoms with Crippen molar-refractivity contribution in [3.63, 3.8) is 0 Å². The van der Waals surface area contributed by atoms with E-state index >= 15 is 0 Å². The highest BCUT2D eigenvalue weighted by atomic mass is 32.1. The molecule has 1 fully saturated rings. The van der Waals surface area contributed by atoms with Crippen molar-refractivity contribution in [3.05, 3.63) is 71.8 Å². The Morgan fingerprint density at radius 3 is 2.69 bits per heavy atom. The minimum absolute atomic E-state index is 0.0454. The highest BCUT2D eigenvalue weighted by Crippen LogP contribution is 2.48. The second-order valence-corrected chi connectivity index (χ2v) is 10.9. The van der Waals surface area contributed by atoms with Gasteiger partial charge in [0.05, 0.1) is 13.7 Å². The molecule has 0 aliphatic carbocycles. The Morgan fingerprint density at radius 1 is 1.08 bits per heavy atom. The summed E-state index contributed by atoms with van der Waals surface area (Å²) in [6.45, 7) is 3.85. The van der Waals surface area contributed by atoms with Gasteiger partial charge in [-0.2, -0.15) is 0 Å². The number of thiazole rings is 1. The van der Waals surface area contributed by atoms with Crippen LogP contribution < -0.4 is 19.7 Å². The van der Waals surface area contributed by atoms with Gasteiger partial charge in [0, 0.05) is 50.1 Å². The molecule has 1 saturated heterocycles. The lowest BCUT2D eigenvalue weighted by molar-refractivity contribution is -0.127. The van der Waals surface area contributed by atoms with Gasteiger partial charge in [0.2, 0.25) is 11.8 Å². The van der Waals surface area contributed by atoms with Crippen LogP contribution in [-0.4, -0.2) is 60.2 Å². The van der Waals surface area contributed by atoms with E-state index in [0.717, 1.165) is 29.8 Å². The molecule has 9 nitrogen and oxygen atoms in total. The summed E-state index contributed by atoms with van der Waals surface area (Å²) < 4.78 is 11.3. The molecule has 0 bridgehead atoms. The second-order valence-electron chi connectivity index (χ2n) is 9.95. The molecule has 1 atom stereocenters. The van der Waals surface area contributed by atoms with Gasteiger partial charge in [-0.15, -0.1) is 0 Å². The maximum Gasteiger partial charge on any atom is 0.328 e. The fourth-order valence-electron chi connectivity index (χ4n) is 5.47. The van der Waals surface area contributed by atoms with Crippen molar-refractivity contribution in [1.82, 2.24) is 14.9 Å². The van der Waals surface area contributed by atoms with Crippen LogP contribution in [0.3, 0.4) is 0 Å². The number of carbonyl (C=O) groups is 2. The number of amides is 3. The van der Waals surface area contributed by atoms with Gasteiger partial charge in [-0.1, -0.05) is 41.7 Å². The smallest absolute Gasteiger partial charge is 0.328 e. The summed E-state index contributed by atoms with van der Waals surface area (Å²) in [5.41, 5.74) is 3.43. The van der Waals surface area contributed by atoms with Crippen LogP contribution in [0.15, 0.2) is 60.7 Å². The first-order valence-electron chi connectivity index (χ1n) is 12.9. The van der Waals surface area contributed by atoms with E-state index in [9.17, 15) is 9.59 Å². The SMILES string of the molecule is COc1ccc2nc(NC(=O)N3CC4(CCN(C(C)=O)C4)c4cc(OCCc5ccccc5)ccc43)sc2n1. The minimum Gasteiger partial charge on any atom is -0.493 e. The summed E-state index contributed by atoms with van der Waals surface area (Å²) in [5.74, 6) is 1.31. The topological polar surface area (TPSA) is 96.9 Å². The Morgan fingerprint density at radius 2 is 1.92 bits per heavy atom. The molecular formula is C29H29N5O4S. The number of nitrogens with one attached hydrogen (secondary N) is 1. The molecule has 1 unspecified atom stereocenters. The van der Waals surface area contributed by atoms with E-state index in [-0.39, 0.29) is 17.4 Å². The third-order valence-electron chi connectivity index (χ3n) is 7.49. The van der Waals surface area contributed by atoms with Crippen molar-refractivity contribution in [3.8, 4) is 11.6 Å². The van der Waals surface area contributed by atoms with Gasteiger partial charge >= 0.3 is 6.03 Å². The van der Waals surface area contributed by atoms with Gasteiger partial charge < -0.3 is 14.4 Å². The van der Waals surface area contributed by atoms with Crippen LogP contribution >= 0.6 is 11.3 Å². The second kappa shape index (κ2) is 10.2. The Balaban J connectivity index is 1.24. The number of anilines is 2. The predicted octanol–water partition coefficient (Wildman–Crippen LogP) is 4.86. The molecule has 2 aliphatic rings. The molecule has 200 valence electrons. The fourth-order valence-corrected chi connectivity index (χ4v) is 6.29. The van der Waals surface area contributed by atoms with Gasteiger partial charge in [-0.05, 0) is 41.8 Å². The zero-order valence-corrected chi connectivity index (χ0v) is 22.7. The molecule has 0 radical (unpaired) electrons. The van der Waals surface area contributed by atoms with Crippen LogP contribution in [0, 0.1) is 0 Å². The van der Waals surface area contributed by atoms with E-state index in [1.807, 2.05) is 47.4 Å². The molecule has 2 aliphatic heterocycles. The lowest BCUT2D eigenvalue weighted by Gasteiger charge is -2.25. The van der Waals surface area contributed by atoms with E-state index in [4.69, 9.17) is 9.47 Å². The maximum absolute atomic E-state index is 13.6. The van der Waals surface area contributed by atoms with Crippen LogP contribution in [0.4, 0.5) is 15.6 Å². The Hall–Kier alpha value is -4.18. The number of fused-ring (bicyclic) bond motifs is 3. The van der Waals surface area contributed by atoms with E-state index in [1.54, 1.807) is 25.0 Å². The number of benzene rings is 2. The number of hydrogen-bond donors (Lipinski definition) is 1. The number of likely N-dealkylation sites (tertiary alicyclic amines) is 1. The monoisotopic (exact) mass is 543 g/mol. The standard InChI is InChI=1S/C29H29N5O4S/c1-19(35)33-14-13-29(17-33)18-34(28(36)32-27-30-23-9-11-25(37-2)31-26(23)39-27)24-10-8-21(16-22(24)29)38-15-12-20-6-4-3-5-7-20/h3-11,16H,12-15,17-18H2,1-2H3,(H,30,32,36). The molecule has 1 N–H and O–H groups in total. The van der Waals surface area contributed by atoms with Gasteiger partial charge in [-0.25, -0.2) is 14.8 Å². The molecule has 6 rings (SSSR count). The van der Waals surface area contributed by atoms with Crippen LogP contribution in [-0.2, 0) is 16.6 Å². The number of rotatable bonds is 6. The van der Waals surface area contributed by atoms with Crippen molar-refractivity contribution in [2.24, 2.45) is 0 Å². The Kier molecular flexibility index (Phi) is 6.56. The van der Waals surface area contributed by atoms with Crippen molar-refractivity contribution in [1.29, 1.82) is 0 Å². The number of methoxy groups -OCH3 is 1. The van der Waals surface area contributed by atoms with Gasteiger partial charge in [-0.3, -0.25) is 15.0 Å². The lowest BCUT2D eigenvalue weighted by atomic mass is 9.81. The van der Waals surface area contributed by atoms with Crippen molar-refractivity contribution < 1.29 is 19.1 Å². The first-order chi connectivity index (χ1) is 18.9. The summed E-state index contributed by atoms with van der Waals surface area (Å²) >= 11 is 1.30. The van der Waals surface area contributed by atoms with Gasteiger partial charge in [0.25, 0.3) is 0 Å². The average molecular weight is 544 g/mol. The zero-order valence-electron chi connectivity index (χ0n) is 21.8. The van der Waals surface area contributed by atoms with Gasteiger partial charge in [0.15, 0.2) is 5.13 Å². The van der Waals surface area contributed by atoms with Crippen LogP contribution in [0.1, 0.15) is 24.5 Å². The fraction of sp³-hybridized carbons (Fsp3) is 0.310. The zero-order chi connectivity index (χ0) is 27.0. The van der Waals surface area contributed by atoms with E-state index in [2.05, 4.69) is 27.4 Å². The number of pyridine rings is 1. The molecule has 0 saturated carbocycles. The van der Waals surface area contributed by atoms with E-state index in [1.165, 1.54) is 16.9 Å². The Bertz CT molecular complexity index is 1540. The quantitative estimate of drug-likeness (QED) is 0.373. The van der Waals surface area contributed by atoms with Crippen LogP contribution in [0.25, 0.3) is 10.3 Å². The van der Waals surface area contributed by atoms with Crippen LogP contribution in [0.5, 0.6) is 11.6 Å². The molecule has 1 spiro atoms. The first kappa shape index (κ1) is 25.1. The summed E-state index contributed by atoms with van der Waals surface area (Å²) in [4.78, 5) is 39.0. The van der Waals surface area contributed by atoms with Crippen LogP contribution in [0.2, 0.25) is 0 Å². The number of carbonyl (C=O) groups excluding carboxylic acids is 2. The van der Waals surface area contributed by atoms with E-state index < -0.39 is 0 Å². The molecule has 3 amide bonds. The number of ether oxygens (including phenoxy) is 2. The number of hydrogen-bond acceptors (Lipinski definition) is 7. The predicted molar refractivity (Wildman–Crippen MR) is 151 cm³/mol. The highest BCUT2D eigenvalue weighted by Gasteiger charge is 2.49. The van der Waals surface area contributed by atoms with Gasteiger partial charge in [0.1, 0.15) is 16.1 Å². The summed E-state index contributed by atoms with van der Waals surface area (Å²) in [5, 5.41) is 3.43. The molecule has 4 heterocycles. The number of aromatic nitrogens is 2. The maximum atomic E-state index is 13.6. The third kappa shape index (κ3) is 4.87. The number of urea groups is 1. The van der Waals surface area contributed by atoms with Crippen molar-refractivity contribution in [2.75, 3.05) is 43.6 Å². The first-order valence-corrected chi connectivity index (χ1v) is 13.7. The molecule has 2 aromatic heterocycles. The molecule has 10 heteroatoms. The third-order valence-corrected chi connectivity index (χ3v) is 8.37. The average Bonchev–Trinajstić information content (AvgIpc) is 3.64. The highest BCUT2D eigenvalue weighted by molar-refractivity contribution is 7.22. The van der Waals surface area contributed by atoms with Crippen molar-refractivity contribution >= 4 is 44.4 Å². The minimum atomic E-state index is -0.348. The molecular weight excluding hydrogens is 514 g/mol. The van der Waals surface area contributed by atoms with E-state index in [0.29, 0.717) is 47.6 Å². The van der Waals surface area contributed by atoms with Crippen molar-refractivity contribution in [2.45, 2.75) is 25.2 Å². The number of nitrogens with zero attached hydrogens (tertiary/aromatic N) is 4. The summed E-state index contributed by atoms with van der Waals surface area (Å²) in [7, 11) is 1.56.